The summed E-state index contributed by atoms with van der Waals surface area (Å²) in [7, 11) is 0. The molecule has 1 rings (SSSR count). The van der Waals surface area contributed by atoms with Crippen molar-refractivity contribution in [3.8, 4) is 0 Å². The van der Waals surface area contributed by atoms with E-state index in [-0.39, 0.29) is 12.4 Å². The van der Waals surface area contributed by atoms with Gasteiger partial charge in [-0.15, -0.1) is 0 Å². The molecule has 1 aromatic carbocycles. The van der Waals surface area contributed by atoms with Crippen molar-refractivity contribution in [2.75, 3.05) is 6.54 Å². The molecule has 0 saturated carbocycles. The third-order valence-electron chi connectivity index (χ3n) is 3.21. The molecule has 1 unspecified atom stereocenters. The van der Waals surface area contributed by atoms with Gasteiger partial charge in [0.05, 0.1) is 0 Å². The fourth-order valence-electron chi connectivity index (χ4n) is 2.00. The quantitative estimate of drug-likeness (QED) is 0.136. The predicted molar refractivity (Wildman–Crippen MR) is 97.7 cm³/mol. The third-order valence-corrected chi connectivity index (χ3v) is 3.86. The fourth-order valence-corrected chi connectivity index (χ4v) is 2.65. The molecule has 7 nitrogen and oxygen atoms in total. The van der Waals surface area contributed by atoms with Crippen LogP contribution in [-0.2, 0) is 14.3 Å². The van der Waals surface area contributed by atoms with Gasteiger partial charge >= 0.3 is 11.9 Å². The van der Waals surface area contributed by atoms with Crippen LogP contribution < -0.4 is 16.8 Å². The summed E-state index contributed by atoms with van der Waals surface area (Å²) >= 11 is 17.6. The Morgan fingerprint density at radius 1 is 1.20 bits per heavy atom. The van der Waals surface area contributed by atoms with E-state index >= 15 is 0 Å². The van der Waals surface area contributed by atoms with Crippen molar-refractivity contribution >= 4 is 52.7 Å². The highest BCUT2D eigenvalue weighted by Crippen LogP contribution is 2.42. The number of alkyl halides is 3. The number of carbonyl (C=O) groups is 2. The summed E-state index contributed by atoms with van der Waals surface area (Å²) in [5.41, 5.74) is 11.2. The second kappa shape index (κ2) is 9.82. The number of nitrogens with one attached hydrogen (secondary N) is 2. The molecule has 0 aromatic heterocycles. The van der Waals surface area contributed by atoms with E-state index in [4.69, 9.17) is 56.4 Å². The van der Waals surface area contributed by atoms with E-state index in [1.54, 1.807) is 30.3 Å². The minimum absolute atomic E-state index is 0.181. The maximum Gasteiger partial charge on any atom is 0.330 e. The minimum Gasteiger partial charge on any atom is -0.391 e. The topological polar surface area (TPSA) is 131 Å². The van der Waals surface area contributed by atoms with Crippen molar-refractivity contribution in [3.05, 3.63) is 35.9 Å². The molecule has 25 heavy (non-hydrogen) atoms. The zero-order valence-corrected chi connectivity index (χ0v) is 15.4. The molecular formula is C15H19Cl3N4O3. The standard InChI is InChI=1S/C15H19Cl3N4O3/c16-15(17,18)11(9-5-2-1-3-6-9)13(24)25-12(23)10(19)7-4-8-22-14(20)21/h1-3,5-6,10-11H,4,7-8,19H2,(H4,20,21,22)/t10-,11?/m0/s1. The van der Waals surface area contributed by atoms with Crippen molar-refractivity contribution < 1.29 is 14.3 Å². The molecule has 0 amide bonds. The summed E-state index contributed by atoms with van der Waals surface area (Å²) in [6.07, 6.45) is 0.687. The van der Waals surface area contributed by atoms with Crippen LogP contribution in [0.15, 0.2) is 30.3 Å². The molecule has 0 saturated heterocycles. The van der Waals surface area contributed by atoms with Gasteiger partial charge in [0.2, 0.25) is 3.79 Å². The lowest BCUT2D eigenvalue weighted by molar-refractivity contribution is -0.161. The molecular weight excluding hydrogens is 391 g/mol. The molecule has 138 valence electrons. The zero-order valence-electron chi connectivity index (χ0n) is 13.2. The van der Waals surface area contributed by atoms with Gasteiger partial charge in [-0.05, 0) is 18.4 Å². The van der Waals surface area contributed by atoms with Crippen LogP contribution in [0.25, 0.3) is 0 Å². The minimum atomic E-state index is -1.99. The van der Waals surface area contributed by atoms with Crippen LogP contribution in [0.3, 0.4) is 0 Å². The normalized spacial score (nSPS) is 13.6. The SMILES string of the molecule is N=C(N)NCCC[C@H](N)C(=O)OC(=O)C(c1ccccc1)C(Cl)(Cl)Cl. The Morgan fingerprint density at radius 3 is 2.32 bits per heavy atom. The van der Waals surface area contributed by atoms with E-state index in [1.165, 1.54) is 0 Å². The van der Waals surface area contributed by atoms with Gasteiger partial charge in [-0.25, -0.2) is 4.79 Å². The average Bonchev–Trinajstić information content (AvgIpc) is 2.50. The molecule has 0 heterocycles. The van der Waals surface area contributed by atoms with Crippen LogP contribution in [0.2, 0.25) is 0 Å². The summed E-state index contributed by atoms with van der Waals surface area (Å²) in [5.74, 6) is -3.36. The van der Waals surface area contributed by atoms with Crippen LogP contribution in [-0.4, -0.2) is 34.3 Å². The molecule has 0 aliphatic heterocycles. The van der Waals surface area contributed by atoms with Gasteiger partial charge in [0, 0.05) is 6.54 Å². The second-order valence-electron chi connectivity index (χ2n) is 5.21. The zero-order chi connectivity index (χ0) is 19.0. The van der Waals surface area contributed by atoms with Crippen LogP contribution >= 0.6 is 34.8 Å². The summed E-state index contributed by atoms with van der Waals surface area (Å²) in [6, 6.07) is 7.23. The monoisotopic (exact) mass is 408 g/mol. The van der Waals surface area contributed by atoms with E-state index < -0.39 is 27.7 Å². The lowest BCUT2D eigenvalue weighted by Crippen LogP contribution is -2.38. The lowest BCUT2D eigenvalue weighted by Gasteiger charge is -2.23. The van der Waals surface area contributed by atoms with Crippen LogP contribution in [0, 0.1) is 5.41 Å². The maximum absolute atomic E-state index is 12.3. The third kappa shape index (κ3) is 7.48. The number of carbonyl (C=O) groups excluding carboxylic acids is 2. The van der Waals surface area contributed by atoms with Crippen LogP contribution in [0.4, 0.5) is 0 Å². The van der Waals surface area contributed by atoms with Crippen molar-refractivity contribution in [3.63, 3.8) is 0 Å². The van der Waals surface area contributed by atoms with Gasteiger partial charge in [-0.2, -0.15) is 0 Å². The number of halogens is 3. The van der Waals surface area contributed by atoms with Crippen molar-refractivity contribution in [1.29, 1.82) is 5.41 Å². The molecule has 0 fully saturated rings. The van der Waals surface area contributed by atoms with Crippen LogP contribution in [0.1, 0.15) is 24.3 Å². The van der Waals surface area contributed by atoms with Crippen molar-refractivity contribution in [2.45, 2.75) is 28.6 Å². The molecule has 1 aromatic rings. The summed E-state index contributed by atoms with van der Waals surface area (Å²) in [4.78, 5) is 24.3. The average molecular weight is 410 g/mol. The van der Waals surface area contributed by atoms with Crippen molar-refractivity contribution in [1.82, 2.24) is 5.32 Å². The van der Waals surface area contributed by atoms with E-state index in [0.29, 0.717) is 18.5 Å². The molecule has 0 aliphatic carbocycles. The van der Waals surface area contributed by atoms with E-state index in [2.05, 4.69) is 5.32 Å². The van der Waals surface area contributed by atoms with Gasteiger partial charge < -0.3 is 21.5 Å². The maximum atomic E-state index is 12.3. The smallest absolute Gasteiger partial charge is 0.330 e. The van der Waals surface area contributed by atoms with Gasteiger partial charge in [0.1, 0.15) is 12.0 Å². The number of ether oxygens (including phenoxy) is 1. The highest BCUT2D eigenvalue weighted by molar-refractivity contribution is 6.68. The Labute approximate surface area is 160 Å². The van der Waals surface area contributed by atoms with Gasteiger partial charge in [0.15, 0.2) is 5.96 Å². The number of hydrogen-bond acceptors (Lipinski definition) is 5. The largest absolute Gasteiger partial charge is 0.391 e. The first-order chi connectivity index (χ1) is 11.6. The Hall–Kier alpha value is -1.54. The molecule has 10 heteroatoms. The van der Waals surface area contributed by atoms with Gasteiger partial charge in [-0.1, -0.05) is 65.1 Å². The Balaban J connectivity index is 2.67. The number of esters is 2. The molecule has 0 spiro atoms. The summed E-state index contributed by atoms with van der Waals surface area (Å²) in [5, 5.41) is 9.58. The first-order valence-corrected chi connectivity index (χ1v) is 8.47. The van der Waals surface area contributed by atoms with E-state index in [1.807, 2.05) is 0 Å². The Kier molecular flexibility index (Phi) is 8.44. The molecule has 0 aliphatic rings. The van der Waals surface area contributed by atoms with Gasteiger partial charge in [0.25, 0.3) is 0 Å². The summed E-state index contributed by atoms with van der Waals surface area (Å²) < 4.78 is 2.80. The first-order valence-electron chi connectivity index (χ1n) is 7.33. The number of rotatable bonds is 7. The molecule has 2 atom stereocenters. The highest BCUT2D eigenvalue weighted by Gasteiger charge is 2.42. The molecule has 0 bridgehead atoms. The molecule has 0 radical (unpaired) electrons. The Bertz CT molecular complexity index is 608. The second-order valence-corrected chi connectivity index (χ2v) is 7.58. The van der Waals surface area contributed by atoms with E-state index in [9.17, 15) is 9.59 Å². The Morgan fingerprint density at radius 2 is 1.80 bits per heavy atom. The number of nitrogens with two attached hydrogens (primary N) is 2. The predicted octanol–water partition coefficient (Wildman–Crippen LogP) is 1.80. The number of benzene rings is 1. The highest BCUT2D eigenvalue weighted by atomic mass is 35.6. The number of hydrogen-bond donors (Lipinski definition) is 4. The van der Waals surface area contributed by atoms with Crippen LogP contribution in [0.5, 0.6) is 0 Å². The molecule has 6 N–H and O–H groups in total. The first kappa shape index (κ1) is 21.5. The lowest BCUT2D eigenvalue weighted by atomic mass is 10.0. The summed E-state index contributed by atoms with van der Waals surface area (Å²) in [6.45, 7) is 0.366. The van der Waals surface area contributed by atoms with Gasteiger partial charge in [-0.3, -0.25) is 10.2 Å². The van der Waals surface area contributed by atoms with E-state index in [0.717, 1.165) is 0 Å². The number of guanidine groups is 1. The fraction of sp³-hybridized carbons (Fsp3) is 0.400. The van der Waals surface area contributed by atoms with Crippen molar-refractivity contribution in [2.24, 2.45) is 11.5 Å².